The van der Waals surface area contributed by atoms with Crippen LogP contribution >= 0.6 is 15.9 Å². The number of pyridine rings is 2. The van der Waals surface area contributed by atoms with Crippen LogP contribution in [-0.2, 0) is 6.54 Å². The Morgan fingerprint density at radius 3 is 1.71 bits per heavy atom. The maximum absolute atomic E-state index is 12.3. The number of carbonyl (C=O) groups excluding carboxylic acids is 2. The van der Waals surface area contributed by atoms with Gasteiger partial charge in [0.15, 0.2) is 0 Å². The van der Waals surface area contributed by atoms with E-state index in [9.17, 15) is 14.7 Å². The summed E-state index contributed by atoms with van der Waals surface area (Å²) in [5, 5.41) is 48.2. The summed E-state index contributed by atoms with van der Waals surface area (Å²) in [6.45, 7) is 11.1. The van der Waals surface area contributed by atoms with Crippen LogP contribution in [0.3, 0.4) is 0 Å². The lowest BCUT2D eigenvalue weighted by atomic mass is 10.1. The van der Waals surface area contributed by atoms with Crippen LogP contribution in [-0.4, -0.2) is 99.8 Å². The smallest absolute Gasteiger partial charge is 0.252 e. The highest BCUT2D eigenvalue weighted by Crippen LogP contribution is 2.33. The van der Waals surface area contributed by atoms with Crippen LogP contribution in [0.2, 0.25) is 0 Å². The van der Waals surface area contributed by atoms with Crippen LogP contribution < -0.4 is 31.9 Å². The van der Waals surface area contributed by atoms with E-state index in [0.717, 1.165) is 51.4 Å². The highest BCUT2D eigenvalue weighted by Gasteiger charge is 2.33. The molecule has 2 aliphatic rings. The van der Waals surface area contributed by atoms with E-state index in [0.29, 0.717) is 59.2 Å². The first-order chi connectivity index (χ1) is 31.1. The SMILES string of the molecule is C[C@H]1CN(c2ccc(C#N)cn2)C[C@H]1Nc1c(C(N)=O)cnn2cc(-c3cnn(CC(C)(C)O)c3)cc12.C[C@H]1CN(c2ccc(C#N)cn2)C[C@H]1Nc1c(C(N)=O)cnn2cc(Br)cc12. The molecule has 7 aromatic rings. The minimum Gasteiger partial charge on any atom is -0.389 e. The third-order valence-electron chi connectivity index (χ3n) is 11.6. The molecule has 0 bridgehead atoms. The fourth-order valence-electron chi connectivity index (χ4n) is 8.25. The number of hydrogen-bond donors (Lipinski definition) is 5. The molecule has 7 aromatic heterocycles. The molecular weight excluding hydrogens is 893 g/mol. The van der Waals surface area contributed by atoms with Crippen molar-refractivity contribution in [2.45, 2.75) is 51.9 Å². The van der Waals surface area contributed by atoms with Gasteiger partial charge in [0.1, 0.15) is 23.8 Å². The lowest BCUT2D eigenvalue weighted by Gasteiger charge is -2.21. The van der Waals surface area contributed by atoms with Gasteiger partial charge in [0.05, 0.1) is 75.4 Å². The van der Waals surface area contributed by atoms with Crippen LogP contribution in [0.15, 0.2) is 90.4 Å². The molecular formula is C45H47BrN16O3. The van der Waals surface area contributed by atoms with Gasteiger partial charge in [0, 0.05) is 84.8 Å². The molecule has 2 fully saturated rings. The summed E-state index contributed by atoms with van der Waals surface area (Å²) in [5.41, 5.74) is 16.7. The van der Waals surface area contributed by atoms with E-state index >= 15 is 0 Å². The second-order valence-corrected chi connectivity index (χ2v) is 18.1. The van der Waals surface area contributed by atoms with Gasteiger partial charge in [-0.1, -0.05) is 13.8 Å². The summed E-state index contributed by atoms with van der Waals surface area (Å²) in [4.78, 5) is 37.4. The van der Waals surface area contributed by atoms with Gasteiger partial charge in [-0.2, -0.15) is 25.8 Å². The zero-order valence-corrected chi connectivity index (χ0v) is 37.7. The summed E-state index contributed by atoms with van der Waals surface area (Å²) in [6, 6.07) is 15.4. The van der Waals surface area contributed by atoms with Crippen molar-refractivity contribution < 1.29 is 14.7 Å². The number of carbonyl (C=O) groups is 2. The van der Waals surface area contributed by atoms with E-state index < -0.39 is 17.4 Å². The van der Waals surface area contributed by atoms with E-state index in [1.807, 2.05) is 42.9 Å². The van der Waals surface area contributed by atoms with E-state index in [1.165, 1.54) is 12.4 Å². The molecule has 0 spiro atoms. The molecule has 19 nitrogen and oxygen atoms in total. The van der Waals surface area contributed by atoms with Gasteiger partial charge in [-0.25, -0.2) is 19.0 Å². The summed E-state index contributed by atoms with van der Waals surface area (Å²) in [5.74, 6) is 1.11. The quantitative estimate of drug-likeness (QED) is 0.118. The minimum atomic E-state index is -0.886. The van der Waals surface area contributed by atoms with E-state index in [-0.39, 0.29) is 18.0 Å². The zero-order chi connectivity index (χ0) is 46.2. The second kappa shape index (κ2) is 17.9. The number of anilines is 4. The molecule has 0 aliphatic carbocycles. The molecule has 9 rings (SSSR count). The van der Waals surface area contributed by atoms with Gasteiger partial charge in [0.25, 0.3) is 11.8 Å². The number of aliphatic hydroxyl groups is 1. The molecule has 2 amide bonds. The fourth-order valence-corrected chi connectivity index (χ4v) is 8.66. The van der Waals surface area contributed by atoms with Gasteiger partial charge in [0.2, 0.25) is 0 Å². The molecule has 332 valence electrons. The normalized spacial score (nSPS) is 18.3. The molecule has 0 saturated carbocycles. The van der Waals surface area contributed by atoms with Crippen LogP contribution in [0.5, 0.6) is 0 Å². The summed E-state index contributed by atoms with van der Waals surface area (Å²) in [7, 11) is 0. The van der Waals surface area contributed by atoms with Gasteiger partial charge in [-0.05, 0) is 78.0 Å². The van der Waals surface area contributed by atoms with Crippen LogP contribution in [0, 0.1) is 34.5 Å². The first-order valence-electron chi connectivity index (χ1n) is 20.9. The van der Waals surface area contributed by atoms with Crippen molar-refractivity contribution in [3.8, 4) is 23.3 Å². The van der Waals surface area contributed by atoms with Crippen molar-refractivity contribution in [2.24, 2.45) is 23.3 Å². The highest BCUT2D eigenvalue weighted by atomic mass is 79.9. The molecule has 65 heavy (non-hydrogen) atoms. The highest BCUT2D eigenvalue weighted by molar-refractivity contribution is 9.10. The van der Waals surface area contributed by atoms with Gasteiger partial charge >= 0.3 is 0 Å². The lowest BCUT2D eigenvalue weighted by Crippen LogP contribution is -2.30. The molecule has 0 unspecified atom stereocenters. The summed E-state index contributed by atoms with van der Waals surface area (Å²) < 4.78 is 5.99. The van der Waals surface area contributed by atoms with Crippen LogP contribution in [0.4, 0.5) is 23.0 Å². The number of rotatable bonds is 11. The van der Waals surface area contributed by atoms with Crippen LogP contribution in [0.1, 0.15) is 59.5 Å². The third kappa shape index (κ3) is 9.54. The number of aromatic nitrogens is 8. The Hall–Kier alpha value is -7.55. The molecule has 0 aromatic carbocycles. The van der Waals surface area contributed by atoms with Gasteiger partial charge in [-0.3, -0.25) is 14.3 Å². The second-order valence-electron chi connectivity index (χ2n) is 17.2. The molecule has 20 heteroatoms. The number of primary amides is 2. The number of nitrogens with one attached hydrogen (secondary N) is 2. The maximum atomic E-state index is 12.3. The molecule has 2 saturated heterocycles. The van der Waals surface area contributed by atoms with Crippen molar-refractivity contribution in [2.75, 3.05) is 46.6 Å². The first-order valence-corrected chi connectivity index (χ1v) is 21.6. The van der Waals surface area contributed by atoms with Crippen LogP contribution in [0.25, 0.3) is 22.2 Å². The van der Waals surface area contributed by atoms with Crippen molar-refractivity contribution >= 4 is 61.8 Å². The predicted octanol–water partition coefficient (Wildman–Crippen LogP) is 4.67. The number of fused-ring (bicyclic) bond motifs is 2. The summed E-state index contributed by atoms with van der Waals surface area (Å²) >= 11 is 3.45. The Morgan fingerprint density at radius 1 is 0.738 bits per heavy atom. The van der Waals surface area contributed by atoms with Gasteiger partial charge < -0.3 is 37.0 Å². The number of nitrogens with zero attached hydrogens (tertiary/aromatic N) is 12. The molecule has 2 aliphatic heterocycles. The largest absolute Gasteiger partial charge is 0.389 e. The molecule has 7 N–H and O–H groups in total. The predicted molar refractivity (Wildman–Crippen MR) is 248 cm³/mol. The van der Waals surface area contributed by atoms with Gasteiger partial charge in [-0.15, -0.1) is 0 Å². The topological polar surface area (TPSA) is 263 Å². The standard InChI is InChI=1S/C26H29N9O2.C19H18BrN7O/c1-16-11-33(23-5-4-17(7-27)8-29-23)14-21(16)32-24-20(25(28)36)10-31-35-13-18(6-22(24)35)19-9-30-34(12-19)15-26(2,3)37;1-11-8-26(17-3-2-12(5-21)6-23-17)10-15(11)25-18-14(19(22)28)7-24-27-9-13(20)4-16(18)27/h4-6,8-10,12-13,16,21,32,37H,11,14-15H2,1-3H3,(H2,28,36);2-4,6-7,9,11,15,25H,8,10H2,1H3,(H2,22,28)/t16-,21+;11-,15+/m00/s1. The van der Waals surface area contributed by atoms with E-state index in [1.54, 1.807) is 58.3 Å². The van der Waals surface area contributed by atoms with E-state index in [4.69, 9.17) is 22.0 Å². The number of nitrogens with two attached hydrogens (primary N) is 2. The molecule has 9 heterocycles. The lowest BCUT2D eigenvalue weighted by molar-refractivity contribution is 0.0577. The Kier molecular flexibility index (Phi) is 12.1. The number of hydrogen-bond acceptors (Lipinski definition) is 14. The average Bonchev–Trinajstić information content (AvgIpc) is 4.12. The van der Waals surface area contributed by atoms with Crippen molar-refractivity contribution in [1.82, 2.24) is 39.0 Å². The third-order valence-corrected chi connectivity index (χ3v) is 12.0. The van der Waals surface area contributed by atoms with Crippen molar-refractivity contribution in [3.05, 3.63) is 113 Å². The monoisotopic (exact) mass is 938 g/mol. The molecule has 4 atom stereocenters. The number of amides is 2. The Labute approximate surface area is 382 Å². The maximum Gasteiger partial charge on any atom is 0.252 e. The average molecular weight is 940 g/mol. The van der Waals surface area contributed by atoms with Crippen molar-refractivity contribution in [3.63, 3.8) is 0 Å². The molecule has 0 radical (unpaired) electrons. The zero-order valence-electron chi connectivity index (χ0n) is 36.1. The Morgan fingerprint density at radius 2 is 1.25 bits per heavy atom. The first kappa shape index (κ1) is 44.1. The minimum absolute atomic E-state index is 0.0228. The number of nitriles is 2. The number of halogens is 1. The fraction of sp³-hybridized carbons (Fsp3) is 0.311. The Bertz CT molecular complexity index is 2980. The summed E-state index contributed by atoms with van der Waals surface area (Å²) in [6.07, 6.45) is 13.4. The van der Waals surface area contributed by atoms with Crippen molar-refractivity contribution in [1.29, 1.82) is 10.5 Å². The van der Waals surface area contributed by atoms with E-state index in [2.05, 4.69) is 87.6 Å². The Balaban J connectivity index is 0.000000184.